The summed E-state index contributed by atoms with van der Waals surface area (Å²) in [7, 11) is 1.31. The number of amides is 1. The van der Waals surface area contributed by atoms with Crippen LogP contribution in [0, 0.1) is 20.2 Å². The van der Waals surface area contributed by atoms with Gasteiger partial charge in [0.25, 0.3) is 11.6 Å². The van der Waals surface area contributed by atoms with Crippen LogP contribution in [0.2, 0.25) is 0 Å². The molecular weight excluding hydrogens is 346 g/mol. The van der Waals surface area contributed by atoms with Crippen molar-refractivity contribution in [3.05, 3.63) is 62.7 Å². The average molecular weight is 361 g/mol. The number of carbonyl (C=O) groups is 1. The van der Waals surface area contributed by atoms with Crippen molar-refractivity contribution in [2.75, 3.05) is 12.4 Å². The normalized spacial score (nSPS) is 11.3. The summed E-state index contributed by atoms with van der Waals surface area (Å²) >= 11 is 0. The molecule has 1 amide bonds. The molecule has 2 aromatic carbocycles. The quantitative estimate of drug-likeness (QED) is 0.592. The predicted molar refractivity (Wildman–Crippen MR) is 91.5 cm³/mol. The maximum atomic E-state index is 12.3. The number of rotatable bonds is 7. The highest BCUT2D eigenvalue weighted by atomic mass is 16.6. The van der Waals surface area contributed by atoms with Crippen LogP contribution in [0.15, 0.2) is 42.5 Å². The first-order valence-electron chi connectivity index (χ1n) is 7.37. The summed E-state index contributed by atoms with van der Waals surface area (Å²) in [5.74, 6) is -0.545. The molecule has 0 fully saturated rings. The highest BCUT2D eigenvalue weighted by Gasteiger charge is 2.22. The molecule has 1 N–H and O–H groups in total. The van der Waals surface area contributed by atoms with Crippen LogP contribution in [0.3, 0.4) is 0 Å². The molecule has 10 nitrogen and oxygen atoms in total. The summed E-state index contributed by atoms with van der Waals surface area (Å²) in [6.07, 6.45) is -1.06. The van der Waals surface area contributed by atoms with E-state index in [0.29, 0.717) is 0 Å². The van der Waals surface area contributed by atoms with Crippen LogP contribution >= 0.6 is 0 Å². The van der Waals surface area contributed by atoms with Crippen LogP contribution in [-0.2, 0) is 4.79 Å². The van der Waals surface area contributed by atoms with E-state index in [0.717, 1.165) is 0 Å². The lowest BCUT2D eigenvalue weighted by Gasteiger charge is -2.16. The van der Waals surface area contributed by atoms with Crippen LogP contribution in [0.4, 0.5) is 17.1 Å². The van der Waals surface area contributed by atoms with Gasteiger partial charge >= 0.3 is 5.69 Å². The van der Waals surface area contributed by atoms with Crippen molar-refractivity contribution in [2.24, 2.45) is 0 Å². The van der Waals surface area contributed by atoms with E-state index in [2.05, 4.69) is 5.32 Å². The second-order valence-corrected chi connectivity index (χ2v) is 5.12. The second kappa shape index (κ2) is 7.92. The van der Waals surface area contributed by atoms with E-state index < -0.39 is 21.9 Å². The fourth-order valence-electron chi connectivity index (χ4n) is 2.08. The number of carbonyl (C=O) groups excluding carboxylic acids is 1. The number of hydrogen-bond acceptors (Lipinski definition) is 7. The molecule has 1 atom stereocenters. The number of nitro groups is 2. The van der Waals surface area contributed by atoms with Gasteiger partial charge in [-0.05, 0) is 19.1 Å². The molecule has 0 radical (unpaired) electrons. The summed E-state index contributed by atoms with van der Waals surface area (Å²) in [6.45, 7) is 1.42. The number of nitro benzene ring substituents is 2. The third kappa shape index (κ3) is 4.23. The molecule has 0 saturated carbocycles. The zero-order valence-electron chi connectivity index (χ0n) is 13.9. The number of para-hydroxylation sites is 2. The molecule has 0 aliphatic heterocycles. The molecule has 0 aliphatic rings. The van der Waals surface area contributed by atoms with E-state index in [4.69, 9.17) is 9.47 Å². The van der Waals surface area contributed by atoms with Crippen molar-refractivity contribution in [3.63, 3.8) is 0 Å². The lowest BCUT2D eigenvalue weighted by atomic mass is 10.2. The maximum Gasteiger partial charge on any atom is 0.310 e. The Morgan fingerprint density at radius 3 is 2.38 bits per heavy atom. The Balaban J connectivity index is 2.15. The Morgan fingerprint density at radius 2 is 1.77 bits per heavy atom. The molecule has 136 valence electrons. The van der Waals surface area contributed by atoms with Gasteiger partial charge in [-0.3, -0.25) is 25.0 Å². The monoisotopic (exact) mass is 361 g/mol. The van der Waals surface area contributed by atoms with Gasteiger partial charge < -0.3 is 14.8 Å². The molecule has 0 bridgehead atoms. The Hall–Kier alpha value is -3.69. The van der Waals surface area contributed by atoms with Crippen LogP contribution < -0.4 is 14.8 Å². The third-order valence-electron chi connectivity index (χ3n) is 3.39. The minimum atomic E-state index is -1.06. The number of methoxy groups -OCH3 is 1. The molecule has 0 spiro atoms. The van der Waals surface area contributed by atoms with E-state index in [1.54, 1.807) is 6.07 Å². The third-order valence-corrected chi connectivity index (χ3v) is 3.39. The largest absolute Gasteiger partial charge is 0.494 e. The molecule has 2 rings (SSSR count). The van der Waals surface area contributed by atoms with Crippen molar-refractivity contribution >= 4 is 23.0 Å². The van der Waals surface area contributed by atoms with Gasteiger partial charge in [-0.1, -0.05) is 12.1 Å². The highest BCUT2D eigenvalue weighted by Crippen LogP contribution is 2.30. The Bertz CT molecular complexity index is 853. The Labute approximate surface area is 147 Å². The van der Waals surface area contributed by atoms with Crippen LogP contribution in [0.5, 0.6) is 11.5 Å². The first-order valence-corrected chi connectivity index (χ1v) is 7.37. The van der Waals surface area contributed by atoms with Crippen LogP contribution in [0.25, 0.3) is 0 Å². The van der Waals surface area contributed by atoms with Gasteiger partial charge in [0, 0.05) is 12.1 Å². The Kier molecular flexibility index (Phi) is 5.68. The molecule has 0 heterocycles. The fraction of sp³-hybridized carbons (Fsp3) is 0.188. The maximum absolute atomic E-state index is 12.3. The first-order chi connectivity index (χ1) is 12.3. The van der Waals surface area contributed by atoms with E-state index in [-0.39, 0.29) is 28.6 Å². The Morgan fingerprint density at radius 1 is 1.08 bits per heavy atom. The van der Waals surface area contributed by atoms with Gasteiger partial charge in [-0.2, -0.15) is 0 Å². The number of nitrogens with zero attached hydrogens (tertiary/aromatic N) is 2. The molecule has 0 unspecified atom stereocenters. The summed E-state index contributed by atoms with van der Waals surface area (Å²) in [5.41, 5.74) is -0.245. The summed E-state index contributed by atoms with van der Waals surface area (Å²) in [5, 5.41) is 24.3. The number of non-ortho nitro benzene ring substituents is 1. The lowest BCUT2D eigenvalue weighted by molar-refractivity contribution is -0.386. The second-order valence-electron chi connectivity index (χ2n) is 5.12. The molecule has 0 saturated heterocycles. The molecule has 26 heavy (non-hydrogen) atoms. The summed E-state index contributed by atoms with van der Waals surface area (Å²) in [4.78, 5) is 32.9. The van der Waals surface area contributed by atoms with Crippen molar-refractivity contribution in [1.29, 1.82) is 0 Å². The average Bonchev–Trinajstić information content (AvgIpc) is 2.61. The lowest BCUT2D eigenvalue weighted by Crippen LogP contribution is -2.30. The van der Waals surface area contributed by atoms with Gasteiger partial charge in [-0.15, -0.1) is 0 Å². The zero-order chi connectivity index (χ0) is 19.3. The van der Waals surface area contributed by atoms with Crippen LogP contribution in [0.1, 0.15) is 6.92 Å². The zero-order valence-corrected chi connectivity index (χ0v) is 13.9. The summed E-state index contributed by atoms with van der Waals surface area (Å²) in [6, 6.07) is 9.39. The van der Waals surface area contributed by atoms with Gasteiger partial charge in [0.2, 0.25) is 0 Å². The van der Waals surface area contributed by atoms with Crippen molar-refractivity contribution < 1.29 is 24.1 Å². The van der Waals surface area contributed by atoms with E-state index in [1.165, 1.54) is 50.4 Å². The van der Waals surface area contributed by atoms with E-state index in [1.807, 2.05) is 0 Å². The molecule has 2 aromatic rings. The topological polar surface area (TPSA) is 134 Å². The van der Waals surface area contributed by atoms with Crippen molar-refractivity contribution in [1.82, 2.24) is 0 Å². The van der Waals surface area contributed by atoms with Gasteiger partial charge in [0.15, 0.2) is 11.9 Å². The highest BCUT2D eigenvalue weighted by molar-refractivity contribution is 5.95. The fourth-order valence-corrected chi connectivity index (χ4v) is 2.08. The number of ether oxygens (including phenoxy) is 2. The van der Waals surface area contributed by atoms with Crippen molar-refractivity contribution in [2.45, 2.75) is 13.0 Å². The van der Waals surface area contributed by atoms with Crippen molar-refractivity contribution in [3.8, 4) is 11.5 Å². The minimum Gasteiger partial charge on any atom is -0.494 e. The van der Waals surface area contributed by atoms with Gasteiger partial charge in [0.05, 0.1) is 28.7 Å². The SMILES string of the molecule is COc1cc([N+](=O)[O-])ccc1NC(=O)[C@@H](C)Oc1ccccc1[N+](=O)[O-]. The molecule has 0 aliphatic carbocycles. The minimum absolute atomic E-state index is 0.0455. The summed E-state index contributed by atoms with van der Waals surface area (Å²) < 4.78 is 10.4. The standard InChI is InChI=1S/C16H15N3O7/c1-10(26-14-6-4-3-5-13(14)19(23)24)16(20)17-12-8-7-11(18(21)22)9-15(12)25-2/h3-10H,1-2H3,(H,17,20)/t10-/m1/s1. The number of benzene rings is 2. The van der Waals surface area contributed by atoms with Gasteiger partial charge in [0.1, 0.15) is 5.75 Å². The van der Waals surface area contributed by atoms with E-state index >= 15 is 0 Å². The number of hydrogen-bond donors (Lipinski definition) is 1. The molecule has 10 heteroatoms. The molecule has 0 aromatic heterocycles. The predicted octanol–water partition coefficient (Wildman–Crippen LogP) is 2.92. The van der Waals surface area contributed by atoms with Crippen LogP contribution in [-0.4, -0.2) is 29.0 Å². The molecular formula is C16H15N3O7. The van der Waals surface area contributed by atoms with E-state index in [9.17, 15) is 25.0 Å². The van der Waals surface area contributed by atoms with Gasteiger partial charge in [-0.25, -0.2) is 0 Å². The first kappa shape index (κ1) is 18.6. The number of anilines is 1. The number of nitrogens with one attached hydrogen (secondary N) is 1. The smallest absolute Gasteiger partial charge is 0.310 e.